The van der Waals surface area contributed by atoms with Crippen LogP contribution in [-0.2, 0) is 6.42 Å². The van der Waals surface area contributed by atoms with Crippen molar-refractivity contribution in [1.82, 2.24) is 0 Å². The van der Waals surface area contributed by atoms with E-state index in [0.717, 1.165) is 5.56 Å². The van der Waals surface area contributed by atoms with Crippen molar-refractivity contribution in [3.8, 4) is 0 Å². The lowest BCUT2D eigenvalue weighted by atomic mass is 10.0. The summed E-state index contributed by atoms with van der Waals surface area (Å²) in [6.45, 7) is 0. The molecule has 17 heavy (non-hydrogen) atoms. The lowest BCUT2D eigenvalue weighted by Gasteiger charge is -2.05. The van der Waals surface area contributed by atoms with Crippen LogP contribution in [0.15, 0.2) is 48.5 Å². The van der Waals surface area contributed by atoms with Crippen LogP contribution in [0.4, 0.5) is 5.69 Å². The fourth-order valence-electron chi connectivity index (χ4n) is 1.69. The zero-order valence-corrected chi connectivity index (χ0v) is 9.72. The van der Waals surface area contributed by atoms with Crippen LogP contribution in [0.3, 0.4) is 0 Å². The Labute approximate surface area is 104 Å². The molecule has 86 valence electrons. The number of nitro benzene ring substituents is 1. The number of nitro groups is 1. The molecule has 4 heteroatoms. The summed E-state index contributed by atoms with van der Waals surface area (Å²) in [4.78, 5) is 10.5. The molecule has 0 unspecified atom stereocenters. The maximum absolute atomic E-state index is 10.9. The van der Waals surface area contributed by atoms with Gasteiger partial charge in [0.05, 0.1) is 15.5 Å². The van der Waals surface area contributed by atoms with Crippen molar-refractivity contribution < 1.29 is 4.92 Å². The summed E-state index contributed by atoms with van der Waals surface area (Å²) >= 11 is 6.02. The van der Waals surface area contributed by atoms with Gasteiger partial charge in [0.15, 0.2) is 0 Å². The molecular weight excluding hydrogens is 238 g/mol. The summed E-state index contributed by atoms with van der Waals surface area (Å²) in [5, 5.41) is 11.3. The van der Waals surface area contributed by atoms with Crippen LogP contribution in [-0.4, -0.2) is 4.92 Å². The van der Waals surface area contributed by atoms with Crippen molar-refractivity contribution in [1.29, 1.82) is 0 Å². The standard InChI is InChI=1S/C13H10ClNO2/c14-12-7-4-8-13(15(16)17)11(12)9-10-5-2-1-3-6-10/h1-8H,9H2. The van der Waals surface area contributed by atoms with Gasteiger partial charge in [0.1, 0.15) is 0 Å². The second-order valence-corrected chi connectivity index (χ2v) is 4.06. The Morgan fingerprint density at radius 1 is 1.06 bits per heavy atom. The molecule has 0 aliphatic rings. The summed E-state index contributed by atoms with van der Waals surface area (Å²) in [5.74, 6) is 0. The third-order valence-corrected chi connectivity index (χ3v) is 2.87. The first-order valence-electron chi connectivity index (χ1n) is 5.14. The summed E-state index contributed by atoms with van der Waals surface area (Å²) in [5.41, 5.74) is 1.63. The molecule has 0 radical (unpaired) electrons. The third-order valence-electron chi connectivity index (χ3n) is 2.51. The number of rotatable bonds is 3. The molecule has 0 bridgehead atoms. The van der Waals surface area contributed by atoms with Crippen molar-refractivity contribution in [3.63, 3.8) is 0 Å². The van der Waals surface area contributed by atoms with Crippen molar-refractivity contribution in [3.05, 3.63) is 74.8 Å². The van der Waals surface area contributed by atoms with Gasteiger partial charge in [-0.05, 0) is 11.6 Å². The van der Waals surface area contributed by atoms with Crippen molar-refractivity contribution in [2.75, 3.05) is 0 Å². The SMILES string of the molecule is O=[N+]([O-])c1cccc(Cl)c1Cc1ccccc1. The number of benzene rings is 2. The summed E-state index contributed by atoms with van der Waals surface area (Å²) in [6, 6.07) is 14.3. The fourth-order valence-corrected chi connectivity index (χ4v) is 1.93. The van der Waals surface area contributed by atoms with Gasteiger partial charge >= 0.3 is 0 Å². The molecule has 0 atom stereocenters. The van der Waals surface area contributed by atoms with E-state index in [4.69, 9.17) is 11.6 Å². The Hall–Kier alpha value is -1.87. The minimum atomic E-state index is -0.399. The van der Waals surface area contributed by atoms with Crippen LogP contribution in [0.2, 0.25) is 5.02 Å². The van der Waals surface area contributed by atoms with Crippen LogP contribution >= 0.6 is 11.6 Å². The summed E-state index contributed by atoms with van der Waals surface area (Å²) < 4.78 is 0. The van der Waals surface area contributed by atoms with Gasteiger partial charge in [-0.1, -0.05) is 48.0 Å². The van der Waals surface area contributed by atoms with E-state index in [2.05, 4.69) is 0 Å². The van der Waals surface area contributed by atoms with Gasteiger partial charge in [0.25, 0.3) is 5.69 Å². The summed E-state index contributed by atoms with van der Waals surface area (Å²) in [7, 11) is 0. The van der Waals surface area contributed by atoms with E-state index in [0.29, 0.717) is 17.0 Å². The van der Waals surface area contributed by atoms with Crippen LogP contribution < -0.4 is 0 Å². The van der Waals surface area contributed by atoms with Crippen molar-refractivity contribution in [2.45, 2.75) is 6.42 Å². The van der Waals surface area contributed by atoms with E-state index in [-0.39, 0.29) is 5.69 Å². The highest BCUT2D eigenvalue weighted by atomic mass is 35.5. The Kier molecular flexibility index (Phi) is 3.40. The van der Waals surface area contributed by atoms with Gasteiger partial charge in [-0.15, -0.1) is 0 Å². The molecule has 0 spiro atoms. The van der Waals surface area contributed by atoms with E-state index >= 15 is 0 Å². The van der Waals surface area contributed by atoms with E-state index in [1.165, 1.54) is 6.07 Å². The normalized spacial score (nSPS) is 10.2. The second kappa shape index (κ2) is 4.97. The molecular formula is C13H10ClNO2. The van der Waals surface area contributed by atoms with Gasteiger partial charge in [0, 0.05) is 12.5 Å². The Balaban J connectivity index is 2.41. The molecule has 2 aromatic rings. The number of nitrogens with zero attached hydrogens (tertiary/aromatic N) is 1. The average Bonchev–Trinajstić information content (AvgIpc) is 2.33. The van der Waals surface area contributed by atoms with Crippen LogP contribution in [0, 0.1) is 10.1 Å². The van der Waals surface area contributed by atoms with E-state index < -0.39 is 4.92 Å². The Bertz CT molecular complexity index is 540. The first-order valence-corrected chi connectivity index (χ1v) is 5.52. The van der Waals surface area contributed by atoms with Crippen LogP contribution in [0.1, 0.15) is 11.1 Å². The van der Waals surface area contributed by atoms with E-state index in [1.54, 1.807) is 12.1 Å². The van der Waals surface area contributed by atoms with Crippen molar-refractivity contribution in [2.24, 2.45) is 0 Å². The van der Waals surface area contributed by atoms with E-state index in [1.807, 2.05) is 30.3 Å². The molecule has 0 amide bonds. The highest BCUT2D eigenvalue weighted by molar-refractivity contribution is 6.31. The van der Waals surface area contributed by atoms with E-state index in [9.17, 15) is 10.1 Å². The molecule has 0 aromatic heterocycles. The zero-order valence-electron chi connectivity index (χ0n) is 8.97. The molecule has 0 fully saturated rings. The van der Waals surface area contributed by atoms with Gasteiger partial charge in [-0.3, -0.25) is 10.1 Å². The maximum atomic E-state index is 10.9. The Morgan fingerprint density at radius 2 is 1.76 bits per heavy atom. The molecule has 0 N–H and O–H groups in total. The number of hydrogen-bond donors (Lipinski definition) is 0. The van der Waals surface area contributed by atoms with Crippen LogP contribution in [0.5, 0.6) is 0 Å². The molecule has 0 aliphatic heterocycles. The summed E-state index contributed by atoms with van der Waals surface area (Å²) in [6.07, 6.45) is 0.469. The smallest absolute Gasteiger partial charge is 0.258 e. The molecule has 0 saturated carbocycles. The largest absolute Gasteiger partial charge is 0.274 e. The highest BCUT2D eigenvalue weighted by Gasteiger charge is 2.16. The van der Waals surface area contributed by atoms with Gasteiger partial charge in [0.2, 0.25) is 0 Å². The second-order valence-electron chi connectivity index (χ2n) is 3.66. The fraction of sp³-hybridized carbons (Fsp3) is 0.0769. The monoisotopic (exact) mass is 247 g/mol. The molecule has 2 aromatic carbocycles. The molecule has 0 aliphatic carbocycles. The first-order chi connectivity index (χ1) is 8.18. The van der Waals surface area contributed by atoms with Gasteiger partial charge in [-0.2, -0.15) is 0 Å². The molecule has 2 rings (SSSR count). The molecule has 0 saturated heterocycles. The quantitative estimate of drug-likeness (QED) is 0.611. The lowest BCUT2D eigenvalue weighted by Crippen LogP contribution is -1.97. The average molecular weight is 248 g/mol. The minimum absolute atomic E-state index is 0.0707. The lowest BCUT2D eigenvalue weighted by molar-refractivity contribution is -0.385. The van der Waals surface area contributed by atoms with Crippen molar-refractivity contribution >= 4 is 17.3 Å². The van der Waals surface area contributed by atoms with Gasteiger partial charge < -0.3 is 0 Å². The first kappa shape index (κ1) is 11.6. The predicted octanol–water partition coefficient (Wildman–Crippen LogP) is 3.84. The number of hydrogen-bond acceptors (Lipinski definition) is 2. The minimum Gasteiger partial charge on any atom is -0.258 e. The Morgan fingerprint density at radius 3 is 2.41 bits per heavy atom. The zero-order chi connectivity index (χ0) is 12.3. The van der Waals surface area contributed by atoms with Gasteiger partial charge in [-0.25, -0.2) is 0 Å². The maximum Gasteiger partial charge on any atom is 0.274 e. The number of halogens is 1. The topological polar surface area (TPSA) is 43.1 Å². The molecule has 3 nitrogen and oxygen atoms in total. The molecule has 0 heterocycles. The predicted molar refractivity (Wildman–Crippen MR) is 67.4 cm³/mol. The third kappa shape index (κ3) is 2.63. The van der Waals surface area contributed by atoms with Crippen LogP contribution in [0.25, 0.3) is 0 Å². The highest BCUT2D eigenvalue weighted by Crippen LogP contribution is 2.28.